The lowest BCUT2D eigenvalue weighted by Gasteiger charge is -2.40. The van der Waals surface area contributed by atoms with E-state index in [-0.39, 0.29) is 41.5 Å². The first-order chi connectivity index (χ1) is 11.1. The van der Waals surface area contributed by atoms with E-state index >= 15 is 0 Å². The minimum Gasteiger partial charge on any atom is -0.459 e. The van der Waals surface area contributed by atoms with E-state index < -0.39 is 25.9 Å². The van der Waals surface area contributed by atoms with Gasteiger partial charge in [0.1, 0.15) is 0 Å². The third kappa shape index (κ3) is 3.16. The van der Waals surface area contributed by atoms with Crippen LogP contribution in [0.4, 0.5) is 13.2 Å². The van der Waals surface area contributed by atoms with Crippen LogP contribution in [0.15, 0.2) is 22.8 Å². The molecule has 4 heterocycles. The molecule has 0 aliphatic carbocycles. The van der Waals surface area contributed by atoms with Crippen molar-refractivity contribution in [3.63, 3.8) is 0 Å². The van der Waals surface area contributed by atoms with Gasteiger partial charge in [-0.2, -0.15) is 21.6 Å². The highest BCUT2D eigenvalue weighted by molar-refractivity contribution is 8.33. The highest BCUT2D eigenvalue weighted by atomic mass is 32.3. The zero-order chi connectivity index (χ0) is 17.6. The maximum Gasteiger partial charge on any atom is 0.523 e. The van der Waals surface area contributed by atoms with Crippen molar-refractivity contribution in [3.8, 4) is 0 Å². The Labute approximate surface area is 138 Å². The van der Waals surface area contributed by atoms with E-state index in [9.17, 15) is 26.4 Å². The van der Waals surface area contributed by atoms with Crippen LogP contribution >= 0.6 is 10.3 Å². The van der Waals surface area contributed by atoms with Crippen LogP contribution in [0.25, 0.3) is 0 Å². The molecule has 2 bridgehead atoms. The van der Waals surface area contributed by atoms with Crippen LogP contribution in [0.3, 0.4) is 0 Å². The van der Waals surface area contributed by atoms with E-state index in [4.69, 9.17) is 4.42 Å². The molecule has 136 valence electrons. The second-order valence-electron chi connectivity index (χ2n) is 5.75. The van der Waals surface area contributed by atoms with Crippen molar-refractivity contribution < 1.29 is 34.4 Å². The topological polar surface area (TPSA) is 76.8 Å². The lowest BCUT2D eigenvalue weighted by atomic mass is 10.1. The van der Waals surface area contributed by atoms with Crippen molar-refractivity contribution in [2.24, 2.45) is 0 Å². The Bertz CT molecular complexity index is 708. The summed E-state index contributed by atoms with van der Waals surface area (Å²) in [7, 11) is -8.04. The summed E-state index contributed by atoms with van der Waals surface area (Å²) in [6.07, 6.45) is 2.22. The number of halogens is 3. The van der Waals surface area contributed by atoms with Gasteiger partial charge in [0.05, 0.1) is 6.26 Å². The smallest absolute Gasteiger partial charge is 0.459 e. The molecule has 0 unspecified atom stereocenters. The minimum atomic E-state index is -5.63. The Hall–Kier alpha value is -1.20. The molecular weight excluding hydrogens is 371 g/mol. The monoisotopic (exact) mass is 387 g/mol. The first-order valence-corrected chi connectivity index (χ1v) is 10.7. The van der Waals surface area contributed by atoms with Gasteiger partial charge >= 0.3 is 15.6 Å². The minimum absolute atomic E-state index is 0.116. The summed E-state index contributed by atoms with van der Waals surface area (Å²) in [4.78, 5) is 14.0. The molecule has 0 spiro atoms. The predicted octanol–water partition coefficient (Wildman–Crippen LogP) is 2.48. The normalized spacial score (nSPS) is 30.6. The molecule has 11 heteroatoms. The number of nitrogens with zero attached hydrogens (tertiary/aromatic N) is 1. The molecule has 1 aromatic heterocycles. The summed E-state index contributed by atoms with van der Waals surface area (Å²) in [5.41, 5.74) is -5.43. The van der Waals surface area contributed by atoms with Crippen molar-refractivity contribution in [2.45, 2.75) is 24.4 Å². The Morgan fingerprint density at radius 1 is 1.29 bits per heavy atom. The van der Waals surface area contributed by atoms with Crippen molar-refractivity contribution in [3.05, 3.63) is 24.2 Å². The van der Waals surface area contributed by atoms with Gasteiger partial charge in [-0.25, -0.2) is 3.63 Å². The maximum absolute atomic E-state index is 12.6. The Balaban J connectivity index is 1.79. The van der Waals surface area contributed by atoms with Crippen molar-refractivity contribution in [1.82, 2.24) is 4.90 Å². The molecule has 3 aliphatic heterocycles. The summed E-state index contributed by atoms with van der Waals surface area (Å²) in [6.45, 7) is 0.160. The fourth-order valence-corrected chi connectivity index (χ4v) is 8.24. The number of alkyl halides is 3. The number of hydrogen-bond donors (Lipinski definition) is 0. The molecule has 1 aromatic rings. The number of amides is 1. The summed E-state index contributed by atoms with van der Waals surface area (Å²) >= 11 is 0. The van der Waals surface area contributed by atoms with Crippen LogP contribution in [0.2, 0.25) is 0 Å². The van der Waals surface area contributed by atoms with E-state index in [1.807, 2.05) is 0 Å². The molecular formula is C13H16F3NO5S2. The third-order valence-electron chi connectivity index (χ3n) is 4.30. The summed E-state index contributed by atoms with van der Waals surface area (Å²) in [5.74, 6) is 0.434. The maximum atomic E-state index is 12.6. The van der Waals surface area contributed by atoms with E-state index in [2.05, 4.69) is 3.63 Å². The highest BCUT2D eigenvalue weighted by Crippen LogP contribution is 2.58. The first-order valence-electron chi connectivity index (χ1n) is 7.27. The highest BCUT2D eigenvalue weighted by Gasteiger charge is 2.52. The van der Waals surface area contributed by atoms with Gasteiger partial charge in [-0.1, -0.05) is 0 Å². The largest absolute Gasteiger partial charge is 0.523 e. The number of hydrogen-bond acceptors (Lipinski definition) is 5. The van der Waals surface area contributed by atoms with E-state index in [1.54, 1.807) is 11.0 Å². The summed E-state index contributed by atoms with van der Waals surface area (Å²) in [6, 6.07) is 2.96. The quantitative estimate of drug-likeness (QED) is 0.745. The SMILES string of the molecule is O=C(c1ccco1)N1CCS2(OS(=O)(=O)C(F)(F)F)CCC1CC2. The van der Waals surface area contributed by atoms with Crippen LogP contribution < -0.4 is 0 Å². The van der Waals surface area contributed by atoms with Crippen molar-refractivity contribution in [2.75, 3.05) is 23.8 Å². The number of fused-ring (bicyclic) bond motifs is 4. The average Bonchev–Trinajstić information content (AvgIpc) is 2.90. The number of furan rings is 1. The Morgan fingerprint density at radius 2 is 1.96 bits per heavy atom. The molecule has 0 atom stereocenters. The molecule has 0 N–H and O–H groups in total. The predicted molar refractivity (Wildman–Crippen MR) is 81.0 cm³/mol. The third-order valence-corrected chi connectivity index (χ3v) is 9.63. The molecule has 6 nitrogen and oxygen atoms in total. The van der Waals surface area contributed by atoms with Gasteiger partial charge in [-0.05, 0) is 25.0 Å². The molecule has 0 saturated carbocycles. The first kappa shape index (κ1) is 17.6. The lowest BCUT2D eigenvalue weighted by molar-refractivity contribution is -0.0496. The fourth-order valence-electron chi connectivity index (χ4n) is 3.05. The van der Waals surface area contributed by atoms with Crippen LogP contribution in [0.1, 0.15) is 23.4 Å². The van der Waals surface area contributed by atoms with Gasteiger partial charge in [0, 0.05) is 29.8 Å². The zero-order valence-corrected chi connectivity index (χ0v) is 14.1. The van der Waals surface area contributed by atoms with Gasteiger partial charge < -0.3 is 9.32 Å². The number of carbonyl (C=O) groups is 1. The van der Waals surface area contributed by atoms with Crippen LogP contribution in [-0.2, 0) is 13.7 Å². The number of rotatable bonds is 3. The molecule has 3 fully saturated rings. The van der Waals surface area contributed by atoms with Crippen molar-refractivity contribution in [1.29, 1.82) is 0 Å². The van der Waals surface area contributed by atoms with Crippen LogP contribution in [0, 0.1) is 0 Å². The standard InChI is InChI=1S/C13H16F3NO5S2/c14-13(15,16)24(19,20)22-23-7-3-10(4-8-23)17(5-9-23)12(18)11-2-1-6-21-11/h1-2,6,10H,3-5,7-9H2. The molecule has 3 aliphatic rings. The zero-order valence-electron chi connectivity index (χ0n) is 12.5. The van der Waals surface area contributed by atoms with Gasteiger partial charge in [-0.15, -0.1) is 10.3 Å². The Kier molecular flexibility index (Phi) is 4.37. The van der Waals surface area contributed by atoms with E-state index in [1.165, 1.54) is 12.3 Å². The lowest BCUT2D eigenvalue weighted by Crippen LogP contribution is -2.41. The fraction of sp³-hybridized carbons (Fsp3) is 0.615. The molecule has 0 radical (unpaired) electrons. The van der Waals surface area contributed by atoms with Crippen LogP contribution in [0.5, 0.6) is 0 Å². The van der Waals surface area contributed by atoms with Gasteiger partial charge in [0.2, 0.25) is 0 Å². The number of carbonyl (C=O) groups excluding carboxylic acids is 1. The summed E-state index contributed by atoms with van der Waals surface area (Å²) < 4.78 is 70.4. The van der Waals surface area contributed by atoms with Gasteiger partial charge in [0.25, 0.3) is 5.91 Å². The van der Waals surface area contributed by atoms with Crippen molar-refractivity contribution >= 4 is 26.3 Å². The molecule has 1 amide bonds. The molecule has 3 saturated heterocycles. The van der Waals surface area contributed by atoms with E-state index in [0.29, 0.717) is 12.8 Å². The molecule has 4 rings (SSSR count). The molecule has 24 heavy (non-hydrogen) atoms. The van der Waals surface area contributed by atoms with Crippen LogP contribution in [-0.4, -0.2) is 54.6 Å². The second-order valence-corrected chi connectivity index (χ2v) is 10.8. The molecule has 0 aromatic carbocycles. The van der Waals surface area contributed by atoms with Gasteiger partial charge in [0.15, 0.2) is 5.76 Å². The second kappa shape index (κ2) is 5.95. The summed E-state index contributed by atoms with van der Waals surface area (Å²) in [5, 5.41) is 0. The Morgan fingerprint density at radius 3 is 2.50 bits per heavy atom. The van der Waals surface area contributed by atoms with E-state index in [0.717, 1.165) is 0 Å². The average molecular weight is 387 g/mol. The van der Waals surface area contributed by atoms with Gasteiger partial charge in [-0.3, -0.25) is 4.79 Å².